The first-order chi connectivity index (χ1) is 9.49. The summed E-state index contributed by atoms with van der Waals surface area (Å²) in [6, 6.07) is 1.53. The predicted molar refractivity (Wildman–Crippen MR) is 70.1 cm³/mol. The molecular formula is C14H16F2N2O2. The highest BCUT2D eigenvalue weighted by Crippen LogP contribution is 2.27. The fourth-order valence-electron chi connectivity index (χ4n) is 2.38. The van der Waals surface area contributed by atoms with E-state index >= 15 is 0 Å². The van der Waals surface area contributed by atoms with Gasteiger partial charge in [0.15, 0.2) is 0 Å². The van der Waals surface area contributed by atoms with Crippen LogP contribution in [0.5, 0.6) is 0 Å². The van der Waals surface area contributed by atoms with Crippen LogP contribution in [0.15, 0.2) is 18.2 Å². The van der Waals surface area contributed by atoms with Crippen molar-refractivity contribution in [3.05, 3.63) is 29.8 Å². The zero-order chi connectivity index (χ0) is 14.9. The molecule has 108 valence electrons. The molecule has 2 amide bonds. The summed E-state index contributed by atoms with van der Waals surface area (Å²) in [7, 11) is 0. The quantitative estimate of drug-likeness (QED) is 0.921. The van der Waals surface area contributed by atoms with E-state index in [0.717, 1.165) is 11.0 Å². The molecule has 4 nitrogen and oxygen atoms in total. The maximum atomic E-state index is 13.9. The minimum atomic E-state index is -0.846. The fraction of sp³-hybridized carbons (Fsp3) is 0.429. The number of rotatable bonds is 3. The standard InChI is InChI=1S/C14H16F2N2O2/c1-3-10-14(20)18(11(4-2)13(19)17-10)12-6-5-8(15)7-9(12)16/h5-7,10-11H,3-4H2,1-2H3,(H,17,19). The summed E-state index contributed by atoms with van der Waals surface area (Å²) in [5, 5.41) is 2.62. The molecule has 20 heavy (non-hydrogen) atoms. The molecule has 1 saturated heterocycles. The molecule has 1 aromatic rings. The molecule has 2 unspecified atom stereocenters. The predicted octanol–water partition coefficient (Wildman–Crippen LogP) is 1.98. The molecule has 1 aliphatic rings. The van der Waals surface area contributed by atoms with Crippen molar-refractivity contribution in [3.63, 3.8) is 0 Å². The van der Waals surface area contributed by atoms with Crippen LogP contribution in [-0.2, 0) is 9.59 Å². The van der Waals surface area contributed by atoms with Crippen molar-refractivity contribution in [2.24, 2.45) is 0 Å². The van der Waals surface area contributed by atoms with Crippen molar-refractivity contribution < 1.29 is 18.4 Å². The molecule has 6 heteroatoms. The van der Waals surface area contributed by atoms with Crippen LogP contribution >= 0.6 is 0 Å². The lowest BCUT2D eigenvalue weighted by Gasteiger charge is -2.38. The van der Waals surface area contributed by atoms with Crippen LogP contribution in [0.25, 0.3) is 0 Å². The third-order valence-electron chi connectivity index (χ3n) is 3.43. The minimum absolute atomic E-state index is 0.0587. The van der Waals surface area contributed by atoms with Crippen molar-refractivity contribution in [2.45, 2.75) is 38.8 Å². The Labute approximate surface area is 115 Å². The monoisotopic (exact) mass is 282 g/mol. The van der Waals surface area contributed by atoms with Crippen molar-refractivity contribution in [1.82, 2.24) is 5.32 Å². The van der Waals surface area contributed by atoms with Crippen LogP contribution in [0, 0.1) is 11.6 Å². The summed E-state index contributed by atoms with van der Waals surface area (Å²) < 4.78 is 26.9. The van der Waals surface area contributed by atoms with Gasteiger partial charge in [0.05, 0.1) is 5.69 Å². The van der Waals surface area contributed by atoms with E-state index in [4.69, 9.17) is 0 Å². The van der Waals surface area contributed by atoms with E-state index in [-0.39, 0.29) is 17.5 Å². The maximum Gasteiger partial charge on any atom is 0.250 e. The van der Waals surface area contributed by atoms with Gasteiger partial charge in [0.1, 0.15) is 23.7 Å². The van der Waals surface area contributed by atoms with E-state index in [0.29, 0.717) is 18.9 Å². The Hall–Kier alpha value is -1.98. The molecular weight excluding hydrogens is 266 g/mol. The molecule has 0 spiro atoms. The molecule has 2 atom stereocenters. The van der Waals surface area contributed by atoms with E-state index in [2.05, 4.69) is 5.32 Å². The zero-order valence-corrected chi connectivity index (χ0v) is 11.3. The number of anilines is 1. The Morgan fingerprint density at radius 2 is 1.90 bits per heavy atom. The first kappa shape index (κ1) is 14.4. The van der Waals surface area contributed by atoms with E-state index in [1.807, 2.05) is 0 Å². The Balaban J connectivity index is 2.47. The summed E-state index contributed by atoms with van der Waals surface area (Å²) in [6.45, 7) is 3.49. The Morgan fingerprint density at radius 3 is 2.45 bits per heavy atom. The SMILES string of the molecule is CCC1NC(=O)C(CC)N(c2ccc(F)cc2F)C1=O. The molecule has 1 N–H and O–H groups in total. The average Bonchev–Trinajstić information content (AvgIpc) is 2.41. The molecule has 0 saturated carbocycles. The van der Waals surface area contributed by atoms with Gasteiger partial charge in [-0.25, -0.2) is 8.78 Å². The smallest absolute Gasteiger partial charge is 0.250 e. The molecule has 1 heterocycles. The summed E-state index contributed by atoms with van der Waals surface area (Å²) >= 11 is 0. The maximum absolute atomic E-state index is 13.9. The van der Waals surface area contributed by atoms with Crippen LogP contribution in [-0.4, -0.2) is 23.9 Å². The molecule has 1 aromatic carbocycles. The Bertz CT molecular complexity index is 548. The number of hydrogen-bond donors (Lipinski definition) is 1. The lowest BCUT2D eigenvalue weighted by Crippen LogP contribution is -2.63. The third-order valence-corrected chi connectivity index (χ3v) is 3.43. The van der Waals surface area contributed by atoms with Crippen molar-refractivity contribution >= 4 is 17.5 Å². The van der Waals surface area contributed by atoms with Crippen LogP contribution in [0.1, 0.15) is 26.7 Å². The van der Waals surface area contributed by atoms with Crippen molar-refractivity contribution in [1.29, 1.82) is 0 Å². The first-order valence-electron chi connectivity index (χ1n) is 6.58. The Morgan fingerprint density at radius 1 is 1.20 bits per heavy atom. The minimum Gasteiger partial charge on any atom is -0.342 e. The van der Waals surface area contributed by atoms with Gasteiger partial charge in [-0.05, 0) is 25.0 Å². The second kappa shape index (κ2) is 5.56. The molecule has 0 aromatic heterocycles. The van der Waals surface area contributed by atoms with Gasteiger partial charge in [0.25, 0.3) is 0 Å². The van der Waals surface area contributed by atoms with Crippen LogP contribution in [0.3, 0.4) is 0 Å². The highest BCUT2D eigenvalue weighted by molar-refractivity contribution is 6.08. The lowest BCUT2D eigenvalue weighted by atomic mass is 10.0. The van der Waals surface area contributed by atoms with Gasteiger partial charge in [-0.1, -0.05) is 13.8 Å². The zero-order valence-electron chi connectivity index (χ0n) is 11.3. The van der Waals surface area contributed by atoms with E-state index < -0.39 is 23.7 Å². The molecule has 1 aliphatic heterocycles. The molecule has 0 radical (unpaired) electrons. The number of amides is 2. The van der Waals surface area contributed by atoms with Crippen LogP contribution in [0.2, 0.25) is 0 Å². The van der Waals surface area contributed by atoms with Crippen molar-refractivity contribution in [3.8, 4) is 0 Å². The van der Waals surface area contributed by atoms with E-state index in [9.17, 15) is 18.4 Å². The van der Waals surface area contributed by atoms with Gasteiger partial charge in [0.2, 0.25) is 11.8 Å². The van der Waals surface area contributed by atoms with Gasteiger partial charge in [0, 0.05) is 6.07 Å². The molecule has 2 rings (SSSR count). The number of halogens is 2. The van der Waals surface area contributed by atoms with E-state index in [1.165, 1.54) is 6.07 Å². The summed E-state index contributed by atoms with van der Waals surface area (Å²) in [5.41, 5.74) is -0.0587. The number of nitrogens with zero attached hydrogens (tertiary/aromatic N) is 1. The number of carbonyl (C=O) groups is 2. The van der Waals surface area contributed by atoms with Crippen LogP contribution < -0.4 is 10.2 Å². The van der Waals surface area contributed by atoms with Crippen molar-refractivity contribution in [2.75, 3.05) is 4.90 Å². The summed E-state index contributed by atoms with van der Waals surface area (Å²) in [6.07, 6.45) is 0.769. The molecule has 0 bridgehead atoms. The summed E-state index contributed by atoms with van der Waals surface area (Å²) in [4.78, 5) is 25.5. The molecule has 1 fully saturated rings. The largest absolute Gasteiger partial charge is 0.342 e. The fourth-order valence-corrected chi connectivity index (χ4v) is 2.38. The number of benzene rings is 1. The van der Waals surface area contributed by atoms with Gasteiger partial charge in [-0.15, -0.1) is 0 Å². The highest BCUT2D eigenvalue weighted by Gasteiger charge is 2.40. The topological polar surface area (TPSA) is 49.4 Å². The number of carbonyl (C=O) groups excluding carboxylic acids is 2. The Kier molecular flexibility index (Phi) is 4.01. The van der Waals surface area contributed by atoms with Gasteiger partial charge in [-0.3, -0.25) is 14.5 Å². The average molecular weight is 282 g/mol. The first-order valence-corrected chi connectivity index (χ1v) is 6.58. The number of hydrogen-bond acceptors (Lipinski definition) is 2. The normalized spacial score (nSPS) is 22.9. The van der Waals surface area contributed by atoms with E-state index in [1.54, 1.807) is 13.8 Å². The number of nitrogens with one attached hydrogen (secondary N) is 1. The van der Waals surface area contributed by atoms with Gasteiger partial charge in [-0.2, -0.15) is 0 Å². The highest BCUT2D eigenvalue weighted by atomic mass is 19.1. The second-order valence-electron chi connectivity index (χ2n) is 4.70. The third kappa shape index (κ3) is 2.37. The number of piperazine rings is 1. The van der Waals surface area contributed by atoms with Gasteiger partial charge < -0.3 is 5.32 Å². The summed E-state index contributed by atoms with van der Waals surface area (Å²) in [5.74, 6) is -2.26. The second-order valence-corrected chi connectivity index (χ2v) is 4.70. The van der Waals surface area contributed by atoms with Crippen LogP contribution in [0.4, 0.5) is 14.5 Å². The molecule has 0 aliphatic carbocycles. The van der Waals surface area contributed by atoms with Gasteiger partial charge >= 0.3 is 0 Å². The lowest BCUT2D eigenvalue weighted by molar-refractivity contribution is -0.134.